The second-order valence-corrected chi connectivity index (χ2v) is 5.74. The Morgan fingerprint density at radius 3 is 2.56 bits per heavy atom. The summed E-state index contributed by atoms with van der Waals surface area (Å²) < 4.78 is 0. The van der Waals surface area contributed by atoms with Crippen molar-refractivity contribution >= 4 is 28.9 Å². The number of benzene rings is 1. The Morgan fingerprint density at radius 1 is 1.17 bits per heavy atom. The van der Waals surface area contributed by atoms with Crippen LogP contribution in [0.1, 0.15) is 26.2 Å². The Kier molecular flexibility index (Phi) is 5.16. The van der Waals surface area contributed by atoms with E-state index in [1.54, 1.807) is 6.07 Å². The van der Waals surface area contributed by atoms with Crippen LogP contribution in [0.25, 0.3) is 0 Å². The van der Waals surface area contributed by atoms with Gasteiger partial charge in [0.25, 0.3) is 0 Å². The Hall–Kier alpha value is -0.440. The Morgan fingerprint density at radius 2 is 1.89 bits per heavy atom. The first-order valence-electron chi connectivity index (χ1n) is 6.62. The Balaban J connectivity index is 1.96. The van der Waals surface area contributed by atoms with E-state index in [0.29, 0.717) is 16.1 Å². The average Bonchev–Trinajstić information content (AvgIpc) is 2.53. The second kappa shape index (κ2) is 6.65. The van der Waals surface area contributed by atoms with Crippen molar-refractivity contribution in [1.82, 2.24) is 4.90 Å². The van der Waals surface area contributed by atoms with Crippen molar-refractivity contribution in [2.24, 2.45) is 0 Å². The van der Waals surface area contributed by atoms with Crippen LogP contribution in [0.5, 0.6) is 0 Å². The third kappa shape index (κ3) is 4.04. The van der Waals surface area contributed by atoms with Crippen LogP contribution in [0.4, 0.5) is 5.69 Å². The summed E-state index contributed by atoms with van der Waals surface area (Å²) in [6, 6.07) is 6.17. The molecule has 100 valence electrons. The van der Waals surface area contributed by atoms with Crippen molar-refractivity contribution in [3.8, 4) is 0 Å². The fourth-order valence-corrected chi connectivity index (χ4v) is 3.02. The molecule has 2 rings (SSSR count). The second-order valence-electron chi connectivity index (χ2n) is 4.86. The average molecular weight is 287 g/mol. The molecule has 0 bridgehead atoms. The first-order chi connectivity index (χ1) is 8.67. The Labute approximate surface area is 119 Å². The highest BCUT2D eigenvalue weighted by Gasteiger charge is 2.15. The number of nitrogens with one attached hydrogen (secondary N) is 1. The SMILES string of the molecule is CCN1CCCC(Nc2cc(Cl)cc(Cl)c2)CC1. The van der Waals surface area contributed by atoms with Crippen LogP contribution < -0.4 is 5.32 Å². The van der Waals surface area contributed by atoms with Crippen LogP contribution in [0.15, 0.2) is 18.2 Å². The van der Waals surface area contributed by atoms with Crippen LogP contribution in [0, 0.1) is 0 Å². The summed E-state index contributed by atoms with van der Waals surface area (Å²) in [4.78, 5) is 2.51. The van der Waals surface area contributed by atoms with Gasteiger partial charge in [0, 0.05) is 28.3 Å². The number of hydrogen-bond acceptors (Lipinski definition) is 2. The van der Waals surface area contributed by atoms with E-state index >= 15 is 0 Å². The van der Waals surface area contributed by atoms with Crippen LogP contribution in [0.2, 0.25) is 10.0 Å². The van der Waals surface area contributed by atoms with E-state index in [0.717, 1.165) is 12.2 Å². The van der Waals surface area contributed by atoms with Crippen molar-refractivity contribution in [3.05, 3.63) is 28.2 Å². The molecule has 1 atom stereocenters. The number of hydrogen-bond donors (Lipinski definition) is 1. The minimum atomic E-state index is 0.524. The van der Waals surface area contributed by atoms with E-state index in [-0.39, 0.29) is 0 Å². The first kappa shape index (κ1) is 14.0. The maximum atomic E-state index is 6.01. The van der Waals surface area contributed by atoms with Crippen molar-refractivity contribution in [1.29, 1.82) is 0 Å². The molecular weight excluding hydrogens is 267 g/mol. The molecule has 1 aromatic carbocycles. The molecule has 1 heterocycles. The molecule has 0 saturated carbocycles. The lowest BCUT2D eigenvalue weighted by molar-refractivity contribution is 0.300. The van der Waals surface area contributed by atoms with Gasteiger partial charge in [-0.1, -0.05) is 30.1 Å². The highest BCUT2D eigenvalue weighted by atomic mass is 35.5. The van der Waals surface area contributed by atoms with Crippen molar-refractivity contribution < 1.29 is 0 Å². The quantitative estimate of drug-likeness (QED) is 0.892. The Bertz CT molecular complexity index is 375. The molecule has 0 aromatic heterocycles. The number of likely N-dealkylation sites (tertiary alicyclic amines) is 1. The predicted molar refractivity (Wildman–Crippen MR) is 79.8 cm³/mol. The summed E-state index contributed by atoms with van der Waals surface area (Å²) >= 11 is 12.0. The number of nitrogens with zero attached hydrogens (tertiary/aromatic N) is 1. The van der Waals surface area contributed by atoms with E-state index in [2.05, 4.69) is 17.1 Å². The van der Waals surface area contributed by atoms with Crippen LogP contribution in [0.3, 0.4) is 0 Å². The van der Waals surface area contributed by atoms with E-state index < -0.39 is 0 Å². The minimum absolute atomic E-state index is 0.524. The lowest BCUT2D eigenvalue weighted by atomic mass is 10.1. The molecule has 1 saturated heterocycles. The molecule has 4 heteroatoms. The fraction of sp³-hybridized carbons (Fsp3) is 0.571. The zero-order chi connectivity index (χ0) is 13.0. The van der Waals surface area contributed by atoms with Gasteiger partial charge in [-0.3, -0.25) is 0 Å². The molecule has 0 radical (unpaired) electrons. The van der Waals surface area contributed by atoms with Crippen LogP contribution >= 0.6 is 23.2 Å². The molecule has 1 fully saturated rings. The standard InChI is InChI=1S/C14H20Cl2N2/c1-2-18-6-3-4-13(5-7-18)17-14-9-11(15)8-12(16)10-14/h8-10,13,17H,2-7H2,1H3. The molecule has 2 nitrogen and oxygen atoms in total. The summed E-state index contributed by atoms with van der Waals surface area (Å²) in [6.45, 7) is 5.76. The molecule has 1 unspecified atom stereocenters. The summed E-state index contributed by atoms with van der Waals surface area (Å²) in [5, 5.41) is 4.93. The zero-order valence-electron chi connectivity index (χ0n) is 10.8. The number of halogens is 2. The van der Waals surface area contributed by atoms with Gasteiger partial charge in [0.05, 0.1) is 0 Å². The fourth-order valence-electron chi connectivity index (χ4n) is 2.49. The van der Waals surface area contributed by atoms with Gasteiger partial charge in [-0.15, -0.1) is 0 Å². The molecule has 0 spiro atoms. The molecular formula is C14H20Cl2N2. The van der Waals surface area contributed by atoms with Crippen LogP contribution in [-0.4, -0.2) is 30.6 Å². The van der Waals surface area contributed by atoms with E-state index in [9.17, 15) is 0 Å². The summed E-state index contributed by atoms with van der Waals surface area (Å²) in [6.07, 6.45) is 3.64. The van der Waals surface area contributed by atoms with Crippen molar-refractivity contribution in [3.63, 3.8) is 0 Å². The smallest absolute Gasteiger partial charge is 0.0441 e. The molecule has 1 aliphatic rings. The lowest BCUT2D eigenvalue weighted by Crippen LogP contribution is -2.26. The maximum Gasteiger partial charge on any atom is 0.0441 e. The summed E-state index contributed by atoms with van der Waals surface area (Å²) in [7, 11) is 0. The molecule has 1 aliphatic heterocycles. The first-order valence-corrected chi connectivity index (χ1v) is 7.38. The maximum absolute atomic E-state index is 6.01. The topological polar surface area (TPSA) is 15.3 Å². The van der Waals surface area contributed by atoms with Gasteiger partial charge in [-0.2, -0.15) is 0 Å². The molecule has 1 N–H and O–H groups in total. The monoisotopic (exact) mass is 286 g/mol. The predicted octanol–water partition coefficient (Wildman–Crippen LogP) is 4.28. The van der Waals surface area contributed by atoms with Crippen molar-refractivity contribution in [2.45, 2.75) is 32.2 Å². The third-order valence-corrected chi connectivity index (χ3v) is 3.94. The van der Waals surface area contributed by atoms with Gasteiger partial charge in [-0.25, -0.2) is 0 Å². The lowest BCUT2D eigenvalue weighted by Gasteiger charge is -2.19. The summed E-state index contributed by atoms with van der Waals surface area (Å²) in [5.74, 6) is 0. The summed E-state index contributed by atoms with van der Waals surface area (Å²) in [5.41, 5.74) is 1.03. The van der Waals surface area contributed by atoms with Gasteiger partial charge < -0.3 is 10.2 Å². The van der Waals surface area contributed by atoms with Gasteiger partial charge >= 0.3 is 0 Å². The van der Waals surface area contributed by atoms with E-state index in [1.807, 2.05) is 12.1 Å². The number of rotatable bonds is 3. The van der Waals surface area contributed by atoms with E-state index in [4.69, 9.17) is 23.2 Å². The normalized spacial score (nSPS) is 21.6. The molecule has 0 amide bonds. The molecule has 1 aromatic rings. The van der Waals surface area contributed by atoms with Crippen LogP contribution in [-0.2, 0) is 0 Å². The van der Waals surface area contributed by atoms with E-state index in [1.165, 1.54) is 32.4 Å². The van der Waals surface area contributed by atoms with Gasteiger partial charge in [0.15, 0.2) is 0 Å². The minimum Gasteiger partial charge on any atom is -0.382 e. The van der Waals surface area contributed by atoms with Gasteiger partial charge in [-0.05, 0) is 50.6 Å². The van der Waals surface area contributed by atoms with Gasteiger partial charge in [0.2, 0.25) is 0 Å². The van der Waals surface area contributed by atoms with Crippen molar-refractivity contribution in [2.75, 3.05) is 25.0 Å². The zero-order valence-corrected chi connectivity index (χ0v) is 12.3. The highest BCUT2D eigenvalue weighted by Crippen LogP contribution is 2.24. The molecule has 0 aliphatic carbocycles. The third-order valence-electron chi connectivity index (χ3n) is 3.50. The van der Waals surface area contributed by atoms with Gasteiger partial charge in [0.1, 0.15) is 0 Å². The number of anilines is 1. The molecule has 18 heavy (non-hydrogen) atoms. The largest absolute Gasteiger partial charge is 0.382 e. The highest BCUT2D eigenvalue weighted by molar-refractivity contribution is 6.35.